The summed E-state index contributed by atoms with van der Waals surface area (Å²) in [5.74, 6) is 0.122. The van der Waals surface area contributed by atoms with Gasteiger partial charge in [-0.15, -0.1) is 0 Å². The molecule has 2 N–H and O–H groups in total. The third-order valence-corrected chi connectivity index (χ3v) is 3.18. The molecule has 0 fully saturated rings. The Morgan fingerprint density at radius 2 is 1.67 bits per heavy atom. The molecule has 0 radical (unpaired) electrons. The molecule has 3 unspecified atom stereocenters. The number of Topliss-reactive ketones (excluding diaryl/α,β-unsaturated/α-hetero) is 1. The Labute approximate surface area is 128 Å². The second-order valence-electron chi connectivity index (χ2n) is 7.20. The van der Waals surface area contributed by atoms with E-state index in [4.69, 9.17) is 4.74 Å². The van der Waals surface area contributed by atoms with Crippen LogP contribution in [0.4, 0.5) is 4.79 Å². The van der Waals surface area contributed by atoms with Crippen molar-refractivity contribution < 1.29 is 19.4 Å². The highest BCUT2D eigenvalue weighted by atomic mass is 16.6. The van der Waals surface area contributed by atoms with Gasteiger partial charge in [0.1, 0.15) is 11.4 Å². The van der Waals surface area contributed by atoms with Crippen molar-refractivity contribution in [3.8, 4) is 0 Å². The predicted octanol–water partition coefficient (Wildman–Crippen LogP) is 2.90. The van der Waals surface area contributed by atoms with Crippen LogP contribution in [0.5, 0.6) is 0 Å². The highest BCUT2D eigenvalue weighted by Crippen LogP contribution is 2.16. The number of ether oxygens (including phenoxy) is 1. The van der Waals surface area contributed by atoms with Crippen LogP contribution in [-0.4, -0.2) is 34.7 Å². The van der Waals surface area contributed by atoms with Gasteiger partial charge in [0.05, 0.1) is 12.1 Å². The molecule has 0 aliphatic heterocycles. The summed E-state index contributed by atoms with van der Waals surface area (Å²) in [6, 6.07) is -0.415. The molecular formula is C16H31NO4. The van der Waals surface area contributed by atoms with Gasteiger partial charge in [0.25, 0.3) is 0 Å². The van der Waals surface area contributed by atoms with Crippen LogP contribution in [0, 0.1) is 11.8 Å². The van der Waals surface area contributed by atoms with Crippen molar-refractivity contribution in [1.82, 2.24) is 5.32 Å². The van der Waals surface area contributed by atoms with E-state index in [9.17, 15) is 14.7 Å². The number of hydrogen-bond acceptors (Lipinski definition) is 4. The van der Waals surface area contributed by atoms with Crippen LogP contribution in [0.1, 0.15) is 61.3 Å². The van der Waals surface area contributed by atoms with Crippen LogP contribution in [0.25, 0.3) is 0 Å². The minimum atomic E-state index is -0.765. The van der Waals surface area contributed by atoms with Crippen molar-refractivity contribution in [2.24, 2.45) is 11.8 Å². The average Bonchev–Trinajstić information content (AvgIpc) is 2.24. The van der Waals surface area contributed by atoms with Crippen LogP contribution in [0.15, 0.2) is 0 Å². The number of carbonyl (C=O) groups is 2. The van der Waals surface area contributed by atoms with Gasteiger partial charge in [-0.3, -0.25) is 4.79 Å². The number of amides is 1. The van der Waals surface area contributed by atoms with Gasteiger partial charge in [0.2, 0.25) is 0 Å². The van der Waals surface area contributed by atoms with Crippen LogP contribution in [0.2, 0.25) is 0 Å². The van der Waals surface area contributed by atoms with Gasteiger partial charge >= 0.3 is 6.09 Å². The number of hydrogen-bond donors (Lipinski definition) is 2. The van der Waals surface area contributed by atoms with Crippen LogP contribution < -0.4 is 5.32 Å². The zero-order valence-corrected chi connectivity index (χ0v) is 14.4. The topological polar surface area (TPSA) is 75.6 Å². The summed E-state index contributed by atoms with van der Waals surface area (Å²) < 4.78 is 5.22. The minimum absolute atomic E-state index is 0.0367. The molecule has 0 saturated carbocycles. The van der Waals surface area contributed by atoms with Crippen molar-refractivity contribution in [3.63, 3.8) is 0 Å². The quantitative estimate of drug-likeness (QED) is 0.758. The molecule has 3 atom stereocenters. The maximum absolute atomic E-state index is 11.9. The van der Waals surface area contributed by atoms with Crippen molar-refractivity contribution in [1.29, 1.82) is 0 Å². The van der Waals surface area contributed by atoms with Crippen LogP contribution in [0.3, 0.4) is 0 Å². The molecule has 5 nitrogen and oxygen atoms in total. The smallest absolute Gasteiger partial charge is 0.407 e. The molecule has 0 saturated heterocycles. The maximum atomic E-state index is 11.9. The molecule has 0 aliphatic carbocycles. The van der Waals surface area contributed by atoms with Gasteiger partial charge in [0.15, 0.2) is 0 Å². The summed E-state index contributed by atoms with van der Waals surface area (Å²) >= 11 is 0. The maximum Gasteiger partial charge on any atom is 0.407 e. The molecular weight excluding hydrogens is 270 g/mol. The zero-order chi connectivity index (χ0) is 16.8. The molecule has 0 bridgehead atoms. The highest BCUT2D eigenvalue weighted by Gasteiger charge is 2.27. The summed E-state index contributed by atoms with van der Waals surface area (Å²) in [6.45, 7) is 12.7. The Bertz CT molecular complexity index is 347. The van der Waals surface area contributed by atoms with E-state index in [-0.39, 0.29) is 11.7 Å². The Kier molecular flexibility index (Phi) is 7.93. The molecule has 0 spiro atoms. The van der Waals surface area contributed by atoms with E-state index in [2.05, 4.69) is 5.32 Å². The molecule has 0 aliphatic rings. The zero-order valence-electron chi connectivity index (χ0n) is 14.4. The third kappa shape index (κ3) is 9.45. The largest absolute Gasteiger partial charge is 0.444 e. The lowest BCUT2D eigenvalue weighted by atomic mass is 9.91. The first kappa shape index (κ1) is 19.9. The first-order chi connectivity index (χ1) is 9.42. The number of nitrogens with one attached hydrogen (secondary N) is 1. The van der Waals surface area contributed by atoms with E-state index in [1.807, 2.05) is 13.8 Å². The Morgan fingerprint density at radius 1 is 1.14 bits per heavy atom. The molecule has 21 heavy (non-hydrogen) atoms. The molecule has 0 aromatic carbocycles. The van der Waals surface area contributed by atoms with E-state index >= 15 is 0 Å². The SMILES string of the molecule is CC(=O)C(C)CC(O)C(CC(C)C)NC(=O)OC(C)(C)C. The fourth-order valence-electron chi connectivity index (χ4n) is 1.97. The Hall–Kier alpha value is -1.10. The van der Waals surface area contributed by atoms with Gasteiger partial charge in [-0.2, -0.15) is 0 Å². The molecule has 124 valence electrons. The van der Waals surface area contributed by atoms with Gasteiger partial charge < -0.3 is 15.2 Å². The summed E-state index contributed by atoms with van der Waals surface area (Å²) in [5, 5.41) is 13.0. The first-order valence-electron chi connectivity index (χ1n) is 7.60. The molecule has 1 amide bonds. The summed E-state index contributed by atoms with van der Waals surface area (Å²) in [4.78, 5) is 23.2. The number of ketones is 1. The Balaban J connectivity index is 4.71. The van der Waals surface area contributed by atoms with Crippen molar-refractivity contribution >= 4 is 11.9 Å². The third-order valence-electron chi connectivity index (χ3n) is 3.18. The molecule has 0 rings (SSSR count). The predicted molar refractivity (Wildman–Crippen MR) is 83.1 cm³/mol. The van der Waals surface area contributed by atoms with E-state index in [0.717, 1.165) is 0 Å². The summed E-state index contributed by atoms with van der Waals surface area (Å²) in [7, 11) is 0. The van der Waals surface area contributed by atoms with Gasteiger partial charge in [-0.1, -0.05) is 20.8 Å². The normalized spacial score (nSPS) is 16.2. The average molecular weight is 301 g/mol. The van der Waals surface area contributed by atoms with Gasteiger partial charge in [-0.25, -0.2) is 4.79 Å². The first-order valence-corrected chi connectivity index (χ1v) is 7.60. The number of alkyl carbamates (subject to hydrolysis) is 1. The van der Waals surface area contributed by atoms with Crippen molar-refractivity contribution in [2.45, 2.75) is 79.1 Å². The molecule has 0 heterocycles. The number of aliphatic hydroxyl groups is 1. The molecule has 5 heteroatoms. The second-order valence-corrected chi connectivity index (χ2v) is 7.20. The van der Waals surface area contributed by atoms with E-state index < -0.39 is 23.8 Å². The summed E-state index contributed by atoms with van der Waals surface area (Å²) in [5.41, 5.74) is -0.579. The Morgan fingerprint density at radius 3 is 2.05 bits per heavy atom. The van der Waals surface area contributed by atoms with E-state index in [1.54, 1.807) is 27.7 Å². The van der Waals surface area contributed by atoms with E-state index in [0.29, 0.717) is 18.8 Å². The fraction of sp³-hybridized carbons (Fsp3) is 0.875. The van der Waals surface area contributed by atoms with Crippen LogP contribution >= 0.6 is 0 Å². The lowest BCUT2D eigenvalue weighted by Crippen LogP contribution is -2.46. The summed E-state index contributed by atoms with van der Waals surface area (Å²) in [6.07, 6.45) is -0.338. The lowest BCUT2D eigenvalue weighted by molar-refractivity contribution is -0.121. The number of carbonyl (C=O) groups excluding carboxylic acids is 2. The van der Waals surface area contributed by atoms with Crippen LogP contribution in [-0.2, 0) is 9.53 Å². The van der Waals surface area contributed by atoms with Crippen molar-refractivity contribution in [3.05, 3.63) is 0 Å². The minimum Gasteiger partial charge on any atom is -0.444 e. The monoisotopic (exact) mass is 301 g/mol. The molecule has 0 aromatic heterocycles. The molecule has 0 aromatic rings. The number of aliphatic hydroxyl groups excluding tert-OH is 1. The fourth-order valence-corrected chi connectivity index (χ4v) is 1.97. The lowest BCUT2D eigenvalue weighted by Gasteiger charge is -2.28. The van der Waals surface area contributed by atoms with E-state index in [1.165, 1.54) is 6.92 Å². The highest BCUT2D eigenvalue weighted by molar-refractivity contribution is 5.77. The standard InChI is InChI=1S/C16H31NO4/c1-10(2)8-13(14(19)9-11(3)12(4)18)17-15(20)21-16(5,6)7/h10-11,13-14,19H,8-9H2,1-7H3,(H,17,20). The van der Waals surface area contributed by atoms with Gasteiger partial charge in [0, 0.05) is 5.92 Å². The second kappa shape index (κ2) is 8.37. The van der Waals surface area contributed by atoms with Crippen molar-refractivity contribution in [2.75, 3.05) is 0 Å². The number of rotatable bonds is 7. The van der Waals surface area contributed by atoms with Gasteiger partial charge in [-0.05, 0) is 46.5 Å².